The van der Waals surface area contributed by atoms with Crippen molar-refractivity contribution in [2.24, 2.45) is 0 Å². The van der Waals surface area contributed by atoms with E-state index in [9.17, 15) is 22.0 Å². The molecule has 0 amide bonds. The molecule has 1 atom stereocenters. The summed E-state index contributed by atoms with van der Waals surface area (Å²) in [7, 11) is 0. The van der Waals surface area contributed by atoms with E-state index in [1.54, 1.807) is 15.9 Å². The van der Waals surface area contributed by atoms with Crippen LogP contribution in [0.3, 0.4) is 0 Å². The Kier molecular flexibility index (Phi) is 1.34. The van der Waals surface area contributed by atoms with Gasteiger partial charge in [0.05, 0.1) is 0 Å². The zero-order valence-electron chi connectivity index (χ0n) is 4.18. The molecule has 0 aromatic carbocycles. The Morgan fingerprint density at radius 3 is 1.50 bits per heavy atom. The van der Waals surface area contributed by atoms with Crippen LogP contribution in [-0.4, -0.2) is 16.8 Å². The van der Waals surface area contributed by atoms with E-state index >= 15 is 0 Å². The van der Waals surface area contributed by atoms with Crippen LogP contribution in [0, 0.1) is 0 Å². The van der Waals surface area contributed by atoms with Crippen molar-refractivity contribution in [2.75, 3.05) is 0 Å². The van der Waals surface area contributed by atoms with Crippen LogP contribution in [0.4, 0.5) is 22.0 Å². The minimum Gasteiger partial charge on any atom is -0.281 e. The number of hydrogen-bond donors (Lipinski definition) is 0. The average molecular weight is 227 g/mol. The summed E-state index contributed by atoms with van der Waals surface area (Å²) in [5.41, 5.74) is 0. The number of hydrogen-bond acceptors (Lipinski definition) is 1. The number of ether oxygens (including phenoxy) is 1. The first-order valence-electron chi connectivity index (χ1n) is 2.04. The van der Waals surface area contributed by atoms with E-state index in [4.69, 9.17) is 0 Å². The van der Waals surface area contributed by atoms with Crippen molar-refractivity contribution in [3.05, 3.63) is 0 Å². The number of halogens is 6. The maximum absolute atomic E-state index is 11.7. The molecule has 1 aliphatic heterocycles. The fraction of sp³-hybridized carbons (Fsp3) is 1.00. The van der Waals surface area contributed by atoms with E-state index in [-0.39, 0.29) is 0 Å². The molecule has 1 nitrogen and oxygen atoms in total. The number of rotatable bonds is 0. The molecule has 10 heavy (non-hydrogen) atoms. The van der Waals surface area contributed by atoms with Gasteiger partial charge in [-0.2, -0.15) is 22.0 Å². The first kappa shape index (κ1) is 8.19. The Morgan fingerprint density at radius 1 is 1.20 bits per heavy atom. The molecule has 0 saturated carbocycles. The topological polar surface area (TPSA) is 12.5 Å². The monoisotopic (exact) mass is 226 g/mol. The van der Waals surface area contributed by atoms with Gasteiger partial charge in [0.1, 0.15) is 0 Å². The van der Waals surface area contributed by atoms with E-state index < -0.39 is 16.8 Å². The minimum atomic E-state index is -5.07. The molecule has 0 aromatic rings. The van der Waals surface area contributed by atoms with Crippen molar-refractivity contribution < 1.29 is 26.7 Å². The molecule has 0 aromatic heterocycles. The van der Waals surface area contributed by atoms with E-state index in [0.717, 1.165) is 0 Å². The van der Waals surface area contributed by atoms with Crippen molar-refractivity contribution >= 4 is 15.9 Å². The summed E-state index contributed by atoms with van der Waals surface area (Å²) < 4.78 is 57.5. The van der Waals surface area contributed by atoms with Crippen LogP contribution < -0.4 is 0 Å². The maximum Gasteiger partial charge on any atom is 0.436 e. The summed E-state index contributed by atoms with van der Waals surface area (Å²) in [4.78, 5) is 0. The Balaban J connectivity index is 2.78. The summed E-state index contributed by atoms with van der Waals surface area (Å²) in [5.74, 6) is 0. The quantitative estimate of drug-likeness (QED) is 0.351. The summed E-state index contributed by atoms with van der Waals surface area (Å²) in [5, 5.41) is 0. The highest BCUT2D eigenvalue weighted by Gasteiger charge is 2.86. The van der Waals surface area contributed by atoms with Crippen molar-refractivity contribution in [1.29, 1.82) is 0 Å². The highest BCUT2D eigenvalue weighted by Crippen LogP contribution is 2.63. The molecule has 7 heteroatoms. The molecule has 0 aliphatic carbocycles. The average Bonchev–Trinajstić information content (AvgIpc) is 2.05. The van der Waals surface area contributed by atoms with Gasteiger partial charge in [-0.05, 0) is 15.9 Å². The second kappa shape index (κ2) is 1.63. The van der Waals surface area contributed by atoms with Crippen molar-refractivity contribution in [3.63, 3.8) is 0 Å². The van der Waals surface area contributed by atoms with Gasteiger partial charge >= 0.3 is 16.8 Å². The number of alkyl halides is 6. The van der Waals surface area contributed by atoms with Crippen LogP contribution in [0.2, 0.25) is 0 Å². The summed E-state index contributed by atoms with van der Waals surface area (Å²) in [6.07, 6.45) is -9.19. The van der Waals surface area contributed by atoms with E-state index in [0.29, 0.717) is 0 Å². The van der Waals surface area contributed by atoms with Gasteiger partial charge in [0.2, 0.25) is 0 Å². The van der Waals surface area contributed by atoms with Gasteiger partial charge in [-0.3, -0.25) is 4.74 Å². The normalized spacial score (nSPS) is 37.8. The van der Waals surface area contributed by atoms with Crippen LogP contribution in [0.5, 0.6) is 0 Å². The highest BCUT2D eigenvalue weighted by atomic mass is 79.9. The predicted molar refractivity (Wildman–Crippen MR) is 23.7 cm³/mol. The van der Waals surface area contributed by atoms with Crippen molar-refractivity contribution in [3.8, 4) is 0 Å². The fourth-order valence-corrected chi connectivity index (χ4v) is 0.577. The Bertz CT molecular complexity index is 165. The second-order valence-electron chi connectivity index (χ2n) is 1.71. The third kappa shape index (κ3) is 0.833. The Morgan fingerprint density at radius 2 is 1.50 bits per heavy atom. The SMILES string of the molecule is FC(F)(F)[C@@]1(Br)OC1(F)F. The fourth-order valence-electron chi connectivity index (χ4n) is 0.374. The first-order chi connectivity index (χ1) is 4.21. The first-order valence-corrected chi connectivity index (χ1v) is 2.84. The third-order valence-corrected chi connectivity index (χ3v) is 2.04. The minimum absolute atomic E-state index is 1.73. The maximum atomic E-state index is 11.7. The molecule has 1 saturated heterocycles. The smallest absolute Gasteiger partial charge is 0.281 e. The second-order valence-corrected chi connectivity index (χ2v) is 2.83. The summed E-state index contributed by atoms with van der Waals surface area (Å²) >= 11 is 1.73. The molecular weight excluding hydrogens is 227 g/mol. The van der Waals surface area contributed by atoms with Gasteiger partial charge in [0.15, 0.2) is 0 Å². The lowest BCUT2D eigenvalue weighted by Gasteiger charge is -2.06. The van der Waals surface area contributed by atoms with Crippen molar-refractivity contribution in [1.82, 2.24) is 0 Å². The molecule has 1 heterocycles. The molecule has 0 radical (unpaired) electrons. The van der Waals surface area contributed by atoms with Gasteiger partial charge in [-0.25, -0.2) is 0 Å². The lowest BCUT2D eigenvalue weighted by atomic mass is 10.4. The number of epoxide rings is 1. The molecule has 0 unspecified atom stereocenters. The largest absolute Gasteiger partial charge is 0.436 e. The van der Waals surface area contributed by atoms with Crippen LogP contribution in [0.1, 0.15) is 0 Å². The van der Waals surface area contributed by atoms with Gasteiger partial charge in [-0.1, -0.05) is 0 Å². The van der Waals surface area contributed by atoms with E-state index in [2.05, 4.69) is 4.74 Å². The molecule has 0 bridgehead atoms. The zero-order valence-corrected chi connectivity index (χ0v) is 5.76. The molecule has 1 fully saturated rings. The van der Waals surface area contributed by atoms with Crippen LogP contribution in [0.15, 0.2) is 0 Å². The van der Waals surface area contributed by atoms with E-state index in [1.165, 1.54) is 0 Å². The van der Waals surface area contributed by atoms with Crippen molar-refractivity contribution in [2.45, 2.75) is 16.8 Å². The Labute approximate surface area is 60.3 Å². The van der Waals surface area contributed by atoms with Gasteiger partial charge in [-0.15, -0.1) is 0 Å². The molecule has 0 spiro atoms. The molecule has 1 rings (SSSR count). The third-order valence-electron chi connectivity index (χ3n) is 0.966. The van der Waals surface area contributed by atoms with Crippen LogP contribution in [-0.2, 0) is 4.74 Å². The predicted octanol–water partition coefficient (Wildman–Crippen LogP) is 2.26. The van der Waals surface area contributed by atoms with Gasteiger partial charge in [0.25, 0.3) is 0 Å². The standard InChI is InChI=1S/C3BrF5O/c4-1(2(5,6)7)3(8,9)10-1/t1-/m1/s1. The zero-order chi connectivity index (χ0) is 8.21. The van der Waals surface area contributed by atoms with Gasteiger partial charge < -0.3 is 0 Å². The van der Waals surface area contributed by atoms with Crippen LogP contribution >= 0.6 is 15.9 Å². The molecular formula is C3BrF5O. The van der Waals surface area contributed by atoms with Gasteiger partial charge in [0, 0.05) is 0 Å². The lowest BCUT2D eigenvalue weighted by Crippen LogP contribution is -2.30. The highest BCUT2D eigenvalue weighted by molar-refractivity contribution is 9.10. The summed E-state index contributed by atoms with van der Waals surface area (Å²) in [6.45, 7) is 0. The molecule has 0 N–H and O–H groups in total. The van der Waals surface area contributed by atoms with E-state index in [1.807, 2.05) is 0 Å². The lowest BCUT2D eigenvalue weighted by molar-refractivity contribution is -0.158. The summed E-state index contributed by atoms with van der Waals surface area (Å²) in [6, 6.07) is 0. The molecule has 60 valence electrons. The Hall–Kier alpha value is 0.0900. The van der Waals surface area contributed by atoms with Crippen LogP contribution in [0.25, 0.3) is 0 Å². The molecule has 1 aliphatic rings.